The summed E-state index contributed by atoms with van der Waals surface area (Å²) in [5, 5.41) is 0. The molecule has 4 atom stereocenters. The van der Waals surface area contributed by atoms with Crippen molar-refractivity contribution in [2.45, 2.75) is 41.0 Å². The minimum Gasteiger partial charge on any atom is -0.0619 e. The van der Waals surface area contributed by atoms with Crippen LogP contribution in [-0.4, -0.2) is 0 Å². The predicted octanol–water partition coefficient (Wildman–Crippen LogP) is 3.32. The summed E-state index contributed by atoms with van der Waals surface area (Å²) in [5.74, 6) is 2.98. The highest BCUT2D eigenvalue weighted by atomic mass is 14.7. The first kappa shape index (κ1) is 7.64. The Morgan fingerprint density at radius 2 is 1.64 bits per heavy atom. The smallest absolute Gasteiger partial charge is 0.0215 e. The van der Waals surface area contributed by atoms with E-state index in [4.69, 9.17) is 0 Å². The van der Waals surface area contributed by atoms with Gasteiger partial charge < -0.3 is 0 Å². The summed E-state index contributed by atoms with van der Waals surface area (Å²) in [4.78, 5) is 0. The van der Waals surface area contributed by atoms with Crippen LogP contribution in [0.25, 0.3) is 0 Å². The van der Waals surface area contributed by atoms with Crippen LogP contribution < -0.4 is 0 Å². The molecule has 0 aromatic rings. The molecule has 0 aromatic carbocycles. The van der Waals surface area contributed by atoms with Crippen molar-refractivity contribution in [3.8, 4) is 0 Å². The monoisotopic (exact) mass is 152 g/mol. The lowest BCUT2D eigenvalue weighted by molar-refractivity contribution is -0.275. The van der Waals surface area contributed by atoms with Gasteiger partial charge in [-0.3, -0.25) is 0 Å². The fourth-order valence-corrected chi connectivity index (χ4v) is 3.81. The first-order valence-corrected chi connectivity index (χ1v) is 4.92. The lowest BCUT2D eigenvalue weighted by atomic mass is 9.29. The van der Waals surface area contributed by atoms with Gasteiger partial charge >= 0.3 is 0 Å². The topological polar surface area (TPSA) is 0 Å². The molecule has 2 aliphatic carbocycles. The van der Waals surface area contributed by atoms with E-state index in [1.54, 1.807) is 0 Å². The van der Waals surface area contributed by atoms with Gasteiger partial charge in [0.25, 0.3) is 0 Å². The molecule has 0 radical (unpaired) electrons. The van der Waals surface area contributed by atoms with Gasteiger partial charge in [-0.15, -0.1) is 0 Å². The SMILES string of the molecule is CC1C2CC(C)C2(C)C1(C)C. The second-order valence-corrected chi connectivity index (χ2v) is 5.54. The van der Waals surface area contributed by atoms with Gasteiger partial charge in [0.1, 0.15) is 0 Å². The van der Waals surface area contributed by atoms with E-state index in [1.807, 2.05) is 0 Å². The summed E-state index contributed by atoms with van der Waals surface area (Å²) in [5.41, 5.74) is 1.29. The molecule has 0 nitrogen and oxygen atoms in total. The Bertz CT molecular complexity index is 192. The van der Waals surface area contributed by atoms with Crippen LogP contribution in [0.1, 0.15) is 41.0 Å². The highest BCUT2D eigenvalue weighted by molar-refractivity contribution is 5.17. The summed E-state index contributed by atoms with van der Waals surface area (Å²) >= 11 is 0. The average molecular weight is 152 g/mol. The zero-order chi connectivity index (χ0) is 8.44. The molecule has 0 heterocycles. The molecule has 0 spiro atoms. The number of hydrogen-bond acceptors (Lipinski definition) is 0. The lowest BCUT2D eigenvalue weighted by Gasteiger charge is -2.75. The molecular weight excluding hydrogens is 132 g/mol. The summed E-state index contributed by atoms with van der Waals surface area (Å²) in [6, 6.07) is 0. The van der Waals surface area contributed by atoms with Crippen molar-refractivity contribution < 1.29 is 0 Å². The van der Waals surface area contributed by atoms with E-state index in [2.05, 4.69) is 34.6 Å². The molecule has 0 aliphatic heterocycles. The maximum Gasteiger partial charge on any atom is -0.0215 e. The first-order chi connectivity index (χ1) is 4.92. The van der Waals surface area contributed by atoms with Gasteiger partial charge in [0.05, 0.1) is 0 Å². The molecule has 4 unspecified atom stereocenters. The van der Waals surface area contributed by atoms with Crippen molar-refractivity contribution in [2.24, 2.45) is 28.6 Å². The Hall–Kier alpha value is 0. The molecule has 2 fully saturated rings. The summed E-state index contributed by atoms with van der Waals surface area (Å²) in [7, 11) is 0. The van der Waals surface area contributed by atoms with Crippen LogP contribution in [0, 0.1) is 28.6 Å². The minimum atomic E-state index is 0.606. The molecule has 64 valence electrons. The van der Waals surface area contributed by atoms with Gasteiger partial charge in [-0.25, -0.2) is 0 Å². The zero-order valence-corrected chi connectivity index (χ0v) is 8.44. The molecule has 2 rings (SSSR count). The quantitative estimate of drug-likeness (QED) is 0.499. The number of hydrogen-bond donors (Lipinski definition) is 0. The van der Waals surface area contributed by atoms with E-state index in [9.17, 15) is 0 Å². The van der Waals surface area contributed by atoms with E-state index in [-0.39, 0.29) is 0 Å². The van der Waals surface area contributed by atoms with Gasteiger partial charge in [-0.2, -0.15) is 0 Å². The minimum absolute atomic E-state index is 0.606. The van der Waals surface area contributed by atoms with Gasteiger partial charge in [-0.05, 0) is 35.0 Å². The third kappa shape index (κ3) is 0.522. The summed E-state index contributed by atoms with van der Waals surface area (Å²) < 4.78 is 0. The van der Waals surface area contributed by atoms with Crippen LogP contribution in [0.2, 0.25) is 0 Å². The highest BCUT2D eigenvalue weighted by Crippen LogP contribution is 2.76. The number of fused-ring (bicyclic) bond motifs is 1. The van der Waals surface area contributed by atoms with Crippen molar-refractivity contribution in [1.82, 2.24) is 0 Å². The standard InChI is InChI=1S/C11H20/c1-7-6-9-8(2)10(3,4)11(7,9)5/h7-9H,6H2,1-5H3. The normalized spacial score (nSPS) is 59.2. The van der Waals surface area contributed by atoms with Gasteiger partial charge in [0.2, 0.25) is 0 Å². The molecule has 11 heavy (non-hydrogen) atoms. The van der Waals surface area contributed by atoms with E-state index in [0.717, 1.165) is 17.8 Å². The first-order valence-electron chi connectivity index (χ1n) is 4.92. The molecule has 0 heteroatoms. The van der Waals surface area contributed by atoms with Crippen LogP contribution in [0.15, 0.2) is 0 Å². The molecule has 2 saturated carbocycles. The van der Waals surface area contributed by atoms with E-state index in [1.165, 1.54) is 6.42 Å². The Balaban J connectivity index is 2.27. The maximum absolute atomic E-state index is 2.49. The Labute approximate surface area is 70.4 Å². The largest absolute Gasteiger partial charge is 0.0619 e. The Morgan fingerprint density at radius 3 is 1.91 bits per heavy atom. The average Bonchev–Trinajstić information content (AvgIpc) is 1.96. The van der Waals surface area contributed by atoms with Crippen molar-refractivity contribution in [2.75, 3.05) is 0 Å². The van der Waals surface area contributed by atoms with E-state index < -0.39 is 0 Å². The van der Waals surface area contributed by atoms with Crippen LogP contribution in [0.4, 0.5) is 0 Å². The molecule has 0 aromatic heterocycles. The van der Waals surface area contributed by atoms with Crippen molar-refractivity contribution in [3.63, 3.8) is 0 Å². The van der Waals surface area contributed by atoms with E-state index >= 15 is 0 Å². The lowest BCUT2D eigenvalue weighted by Crippen LogP contribution is -2.70. The van der Waals surface area contributed by atoms with Crippen LogP contribution >= 0.6 is 0 Å². The predicted molar refractivity (Wildman–Crippen MR) is 48.3 cm³/mol. The Morgan fingerprint density at radius 1 is 1.09 bits per heavy atom. The number of rotatable bonds is 0. The van der Waals surface area contributed by atoms with Crippen molar-refractivity contribution >= 4 is 0 Å². The van der Waals surface area contributed by atoms with Crippen molar-refractivity contribution in [3.05, 3.63) is 0 Å². The second kappa shape index (κ2) is 1.67. The maximum atomic E-state index is 2.49. The van der Waals surface area contributed by atoms with Crippen molar-refractivity contribution in [1.29, 1.82) is 0 Å². The van der Waals surface area contributed by atoms with Gasteiger partial charge in [0.15, 0.2) is 0 Å². The fraction of sp³-hybridized carbons (Fsp3) is 1.00. The fourth-order valence-electron chi connectivity index (χ4n) is 3.81. The zero-order valence-electron chi connectivity index (χ0n) is 8.44. The molecule has 0 amide bonds. The third-order valence-electron chi connectivity index (χ3n) is 5.53. The summed E-state index contributed by atoms with van der Waals surface area (Å²) in [6.07, 6.45) is 1.49. The second-order valence-electron chi connectivity index (χ2n) is 5.54. The van der Waals surface area contributed by atoms with Crippen LogP contribution in [-0.2, 0) is 0 Å². The molecule has 0 N–H and O–H groups in total. The highest BCUT2D eigenvalue weighted by Gasteiger charge is 2.69. The van der Waals surface area contributed by atoms with Gasteiger partial charge in [-0.1, -0.05) is 34.6 Å². The van der Waals surface area contributed by atoms with Crippen LogP contribution in [0.3, 0.4) is 0 Å². The molecular formula is C11H20. The molecule has 0 saturated heterocycles. The Kier molecular flexibility index (Phi) is 1.16. The van der Waals surface area contributed by atoms with Gasteiger partial charge in [0, 0.05) is 0 Å². The third-order valence-corrected chi connectivity index (χ3v) is 5.53. The van der Waals surface area contributed by atoms with E-state index in [0.29, 0.717) is 10.8 Å². The molecule has 2 aliphatic rings. The van der Waals surface area contributed by atoms with Crippen LogP contribution in [0.5, 0.6) is 0 Å². The summed E-state index contributed by atoms with van der Waals surface area (Å²) in [6.45, 7) is 12.2. The molecule has 0 bridgehead atoms.